The second-order valence-electron chi connectivity index (χ2n) is 4.39. The van der Waals surface area contributed by atoms with Crippen LogP contribution in [0, 0.1) is 0 Å². The molecule has 9 nitrogen and oxygen atoms in total. The van der Waals surface area contributed by atoms with Gasteiger partial charge >= 0.3 is 13.8 Å². The third-order valence-electron chi connectivity index (χ3n) is 2.32. The fourth-order valence-electron chi connectivity index (χ4n) is 1.21. The van der Waals surface area contributed by atoms with Gasteiger partial charge < -0.3 is 20.1 Å². The summed E-state index contributed by atoms with van der Waals surface area (Å²) in [6.45, 7) is 2.49. The van der Waals surface area contributed by atoms with E-state index in [1.54, 1.807) is 6.92 Å². The van der Waals surface area contributed by atoms with E-state index in [2.05, 4.69) is 14.4 Å². The molecule has 0 bridgehead atoms. The number of ether oxygens (including phenoxy) is 1. The highest BCUT2D eigenvalue weighted by Gasteiger charge is 2.23. The SMILES string of the molecule is CCCC(=O)OCC(O)COP(=O)(O)OCCNC(=O)CC. The number of amides is 1. The lowest BCUT2D eigenvalue weighted by Gasteiger charge is -2.15. The number of carbonyl (C=O) groups is 2. The molecular formula is C12H24NO8P. The number of esters is 1. The van der Waals surface area contributed by atoms with Crippen LogP contribution in [0.1, 0.15) is 33.1 Å². The number of phosphoric ester groups is 1. The molecule has 2 unspecified atom stereocenters. The maximum absolute atomic E-state index is 11.5. The Labute approximate surface area is 129 Å². The van der Waals surface area contributed by atoms with Crippen LogP contribution in [0.5, 0.6) is 0 Å². The zero-order chi connectivity index (χ0) is 17.0. The molecule has 0 saturated carbocycles. The van der Waals surface area contributed by atoms with Gasteiger partial charge in [0.15, 0.2) is 0 Å². The van der Waals surface area contributed by atoms with Crippen LogP contribution in [-0.2, 0) is 27.9 Å². The summed E-state index contributed by atoms with van der Waals surface area (Å²) in [7, 11) is -4.33. The lowest BCUT2D eigenvalue weighted by molar-refractivity contribution is -0.147. The van der Waals surface area contributed by atoms with E-state index in [1.807, 2.05) is 6.92 Å². The van der Waals surface area contributed by atoms with Gasteiger partial charge in [-0.1, -0.05) is 13.8 Å². The molecule has 22 heavy (non-hydrogen) atoms. The van der Waals surface area contributed by atoms with Gasteiger partial charge in [0.05, 0.1) is 13.2 Å². The average molecular weight is 341 g/mol. The molecule has 0 aliphatic heterocycles. The van der Waals surface area contributed by atoms with Crippen molar-refractivity contribution in [3.63, 3.8) is 0 Å². The molecular weight excluding hydrogens is 317 g/mol. The summed E-state index contributed by atoms with van der Waals surface area (Å²) in [4.78, 5) is 31.3. The van der Waals surface area contributed by atoms with Crippen molar-refractivity contribution in [2.24, 2.45) is 0 Å². The van der Waals surface area contributed by atoms with Crippen LogP contribution in [0.15, 0.2) is 0 Å². The first kappa shape index (κ1) is 21.0. The minimum Gasteiger partial charge on any atom is -0.463 e. The highest BCUT2D eigenvalue weighted by molar-refractivity contribution is 7.47. The Bertz CT molecular complexity index is 389. The predicted octanol–water partition coefficient (Wildman–Crippen LogP) is 0.350. The second kappa shape index (κ2) is 11.6. The highest BCUT2D eigenvalue weighted by Crippen LogP contribution is 2.42. The largest absolute Gasteiger partial charge is 0.472 e. The summed E-state index contributed by atoms with van der Waals surface area (Å²) < 4.78 is 25.3. The molecule has 130 valence electrons. The highest BCUT2D eigenvalue weighted by atomic mass is 31.2. The Morgan fingerprint density at radius 2 is 1.91 bits per heavy atom. The van der Waals surface area contributed by atoms with E-state index in [0.29, 0.717) is 12.8 Å². The Morgan fingerprint density at radius 3 is 2.50 bits per heavy atom. The van der Waals surface area contributed by atoms with Gasteiger partial charge in [0.2, 0.25) is 5.91 Å². The van der Waals surface area contributed by atoms with E-state index >= 15 is 0 Å². The quantitative estimate of drug-likeness (QED) is 0.263. The number of aliphatic hydroxyl groups excluding tert-OH is 1. The van der Waals surface area contributed by atoms with E-state index < -0.39 is 26.5 Å². The number of hydrogen-bond donors (Lipinski definition) is 3. The molecule has 0 spiro atoms. The maximum atomic E-state index is 11.5. The van der Waals surface area contributed by atoms with Crippen molar-refractivity contribution < 1.29 is 37.9 Å². The normalized spacial score (nSPS) is 14.9. The Kier molecular flexibility index (Phi) is 11.0. The lowest BCUT2D eigenvalue weighted by atomic mass is 10.3. The van der Waals surface area contributed by atoms with Crippen molar-refractivity contribution in [2.75, 3.05) is 26.4 Å². The van der Waals surface area contributed by atoms with Crippen LogP contribution in [0.4, 0.5) is 0 Å². The zero-order valence-electron chi connectivity index (χ0n) is 12.8. The number of hydrogen-bond acceptors (Lipinski definition) is 7. The summed E-state index contributed by atoms with van der Waals surface area (Å²) >= 11 is 0. The zero-order valence-corrected chi connectivity index (χ0v) is 13.7. The van der Waals surface area contributed by atoms with Gasteiger partial charge in [0.25, 0.3) is 0 Å². The second-order valence-corrected chi connectivity index (χ2v) is 5.84. The maximum Gasteiger partial charge on any atom is 0.472 e. The summed E-state index contributed by atoms with van der Waals surface area (Å²) in [6.07, 6.45) is -0.0705. The van der Waals surface area contributed by atoms with Crippen LogP contribution in [0.2, 0.25) is 0 Å². The van der Waals surface area contributed by atoms with Gasteiger partial charge in [0.1, 0.15) is 12.7 Å². The van der Waals surface area contributed by atoms with Crippen molar-refractivity contribution in [1.29, 1.82) is 0 Å². The Balaban J connectivity index is 3.83. The Morgan fingerprint density at radius 1 is 1.23 bits per heavy atom. The van der Waals surface area contributed by atoms with E-state index in [9.17, 15) is 24.2 Å². The van der Waals surface area contributed by atoms with Crippen molar-refractivity contribution >= 4 is 19.7 Å². The predicted molar refractivity (Wildman–Crippen MR) is 76.9 cm³/mol. The molecule has 0 radical (unpaired) electrons. The fourth-order valence-corrected chi connectivity index (χ4v) is 1.96. The molecule has 0 saturated heterocycles. The van der Waals surface area contributed by atoms with Gasteiger partial charge in [-0.3, -0.25) is 18.6 Å². The molecule has 0 aromatic heterocycles. The monoisotopic (exact) mass is 341 g/mol. The van der Waals surface area contributed by atoms with E-state index in [-0.39, 0.29) is 32.1 Å². The van der Waals surface area contributed by atoms with Crippen molar-refractivity contribution in [2.45, 2.75) is 39.2 Å². The molecule has 0 aromatic carbocycles. The van der Waals surface area contributed by atoms with Crippen LogP contribution in [0.3, 0.4) is 0 Å². The Hall–Kier alpha value is -0.990. The molecule has 0 aromatic rings. The molecule has 10 heteroatoms. The number of nitrogens with one attached hydrogen (secondary N) is 1. The van der Waals surface area contributed by atoms with Crippen LogP contribution < -0.4 is 5.32 Å². The standard InChI is InChI=1S/C12H24NO8P/c1-3-5-12(16)19-8-10(14)9-21-22(17,18)20-7-6-13-11(15)4-2/h10,14H,3-9H2,1-2H3,(H,13,15)(H,17,18). The summed E-state index contributed by atoms with van der Waals surface area (Å²) in [5.41, 5.74) is 0. The van der Waals surface area contributed by atoms with Crippen LogP contribution >= 0.6 is 7.82 Å². The van der Waals surface area contributed by atoms with Crippen molar-refractivity contribution in [3.8, 4) is 0 Å². The van der Waals surface area contributed by atoms with Gasteiger partial charge in [-0.05, 0) is 6.42 Å². The molecule has 0 rings (SSSR count). The number of aliphatic hydroxyl groups is 1. The van der Waals surface area contributed by atoms with Gasteiger partial charge in [-0.15, -0.1) is 0 Å². The molecule has 0 heterocycles. The molecule has 3 N–H and O–H groups in total. The minimum absolute atomic E-state index is 0.0672. The minimum atomic E-state index is -4.33. The lowest BCUT2D eigenvalue weighted by Crippen LogP contribution is -2.26. The average Bonchev–Trinajstić information content (AvgIpc) is 2.47. The van der Waals surface area contributed by atoms with Gasteiger partial charge in [0, 0.05) is 19.4 Å². The number of phosphoric acid groups is 1. The van der Waals surface area contributed by atoms with Crippen molar-refractivity contribution in [1.82, 2.24) is 5.32 Å². The fraction of sp³-hybridized carbons (Fsp3) is 0.833. The van der Waals surface area contributed by atoms with Crippen LogP contribution in [0.25, 0.3) is 0 Å². The van der Waals surface area contributed by atoms with E-state index in [4.69, 9.17) is 4.74 Å². The third-order valence-corrected chi connectivity index (χ3v) is 3.30. The molecule has 0 aliphatic rings. The van der Waals surface area contributed by atoms with Crippen LogP contribution in [-0.4, -0.2) is 54.3 Å². The summed E-state index contributed by atoms with van der Waals surface area (Å²) in [5.74, 6) is -0.668. The molecule has 1 amide bonds. The first-order valence-electron chi connectivity index (χ1n) is 7.03. The topological polar surface area (TPSA) is 131 Å². The summed E-state index contributed by atoms with van der Waals surface area (Å²) in [5, 5.41) is 11.9. The van der Waals surface area contributed by atoms with Crippen molar-refractivity contribution in [3.05, 3.63) is 0 Å². The van der Waals surface area contributed by atoms with E-state index in [1.165, 1.54) is 0 Å². The third kappa shape index (κ3) is 11.6. The first-order valence-corrected chi connectivity index (χ1v) is 8.52. The molecule has 2 atom stereocenters. The molecule has 0 fully saturated rings. The van der Waals surface area contributed by atoms with Gasteiger partial charge in [-0.2, -0.15) is 0 Å². The van der Waals surface area contributed by atoms with E-state index in [0.717, 1.165) is 0 Å². The first-order chi connectivity index (χ1) is 10.3. The molecule has 0 aliphatic carbocycles. The number of carbonyl (C=O) groups excluding carboxylic acids is 2. The van der Waals surface area contributed by atoms with Gasteiger partial charge in [-0.25, -0.2) is 4.57 Å². The number of rotatable bonds is 12. The summed E-state index contributed by atoms with van der Waals surface area (Å²) in [6, 6.07) is 0. The smallest absolute Gasteiger partial charge is 0.463 e.